The van der Waals surface area contributed by atoms with Gasteiger partial charge in [-0.1, -0.05) is 22.0 Å². The van der Waals surface area contributed by atoms with Crippen molar-refractivity contribution in [2.24, 2.45) is 0 Å². The Bertz CT molecular complexity index is 756. The number of halogens is 2. The number of hydrogen-bond donors (Lipinski definition) is 0. The first kappa shape index (κ1) is 15.1. The van der Waals surface area contributed by atoms with Gasteiger partial charge in [0.1, 0.15) is 11.5 Å². The molecule has 0 radical (unpaired) electrons. The molecule has 0 saturated heterocycles. The largest absolute Gasteiger partial charge is 0.497 e. The van der Waals surface area contributed by atoms with E-state index in [-0.39, 0.29) is 5.75 Å². The molecule has 0 spiro atoms. The fourth-order valence-corrected chi connectivity index (χ4v) is 2.79. The highest BCUT2D eigenvalue weighted by Gasteiger charge is 2.26. The molecule has 0 amide bonds. The first-order chi connectivity index (χ1) is 10.6. The van der Waals surface area contributed by atoms with Crippen molar-refractivity contribution in [2.45, 2.75) is 0 Å². The second kappa shape index (κ2) is 6.10. The monoisotopic (exact) mass is 364 g/mol. The highest BCUT2D eigenvalue weighted by atomic mass is 79.9. The number of hydrogen-bond acceptors (Lipinski definition) is 3. The topological polar surface area (TPSA) is 27.7 Å². The van der Waals surface area contributed by atoms with Crippen LogP contribution < -0.4 is 9.47 Å². The van der Waals surface area contributed by atoms with E-state index in [2.05, 4.69) is 15.9 Å². The SMILES string of the molecule is COC/C=C1/c2cc(Br)ccc2Oc2c(F)cc(OC)cc21. The molecule has 2 aromatic rings. The summed E-state index contributed by atoms with van der Waals surface area (Å²) in [5, 5.41) is 0. The molecule has 3 nitrogen and oxygen atoms in total. The normalized spacial score (nSPS) is 14.3. The molecular weight excluding hydrogens is 351 g/mol. The molecule has 2 aromatic carbocycles. The Morgan fingerprint density at radius 1 is 1.18 bits per heavy atom. The van der Waals surface area contributed by atoms with Crippen molar-refractivity contribution in [1.82, 2.24) is 0 Å². The third-order valence-corrected chi connectivity index (χ3v) is 3.93. The molecule has 0 aliphatic carbocycles. The van der Waals surface area contributed by atoms with Gasteiger partial charge in [-0.3, -0.25) is 0 Å². The maximum Gasteiger partial charge on any atom is 0.171 e. The van der Waals surface area contributed by atoms with Crippen molar-refractivity contribution < 1.29 is 18.6 Å². The van der Waals surface area contributed by atoms with Crippen LogP contribution in [0, 0.1) is 5.82 Å². The van der Waals surface area contributed by atoms with Crippen LogP contribution in [0.25, 0.3) is 5.57 Å². The van der Waals surface area contributed by atoms with Gasteiger partial charge in [-0.2, -0.15) is 0 Å². The Morgan fingerprint density at radius 3 is 2.73 bits per heavy atom. The van der Waals surface area contributed by atoms with E-state index in [1.807, 2.05) is 24.3 Å². The molecule has 22 heavy (non-hydrogen) atoms. The summed E-state index contributed by atoms with van der Waals surface area (Å²) in [7, 11) is 3.12. The summed E-state index contributed by atoms with van der Waals surface area (Å²) in [4.78, 5) is 0. The smallest absolute Gasteiger partial charge is 0.171 e. The average molecular weight is 365 g/mol. The van der Waals surface area contributed by atoms with Gasteiger partial charge in [-0.25, -0.2) is 4.39 Å². The Labute approximate surface area is 136 Å². The molecule has 114 valence electrons. The van der Waals surface area contributed by atoms with E-state index < -0.39 is 5.82 Å². The molecule has 0 unspecified atom stereocenters. The van der Waals surface area contributed by atoms with E-state index in [1.165, 1.54) is 13.2 Å². The van der Waals surface area contributed by atoms with Crippen LogP contribution in [0.4, 0.5) is 4.39 Å². The van der Waals surface area contributed by atoms with E-state index in [1.54, 1.807) is 13.2 Å². The quantitative estimate of drug-likeness (QED) is 0.669. The van der Waals surface area contributed by atoms with E-state index >= 15 is 0 Å². The lowest BCUT2D eigenvalue weighted by molar-refractivity contribution is 0.234. The van der Waals surface area contributed by atoms with Gasteiger partial charge in [-0.15, -0.1) is 0 Å². The minimum Gasteiger partial charge on any atom is -0.497 e. The third kappa shape index (κ3) is 2.62. The highest BCUT2D eigenvalue weighted by molar-refractivity contribution is 9.10. The van der Waals surface area contributed by atoms with Gasteiger partial charge in [0, 0.05) is 28.8 Å². The lowest BCUT2D eigenvalue weighted by Gasteiger charge is -2.24. The van der Waals surface area contributed by atoms with Crippen LogP contribution >= 0.6 is 15.9 Å². The zero-order chi connectivity index (χ0) is 15.7. The summed E-state index contributed by atoms with van der Waals surface area (Å²) in [5.74, 6) is 0.813. The van der Waals surface area contributed by atoms with Crippen LogP contribution in [-0.4, -0.2) is 20.8 Å². The summed E-state index contributed by atoms with van der Waals surface area (Å²) in [6, 6.07) is 8.70. The van der Waals surface area contributed by atoms with Crippen molar-refractivity contribution in [3.63, 3.8) is 0 Å². The maximum absolute atomic E-state index is 14.3. The summed E-state index contributed by atoms with van der Waals surface area (Å²) in [6.07, 6.45) is 1.91. The molecular formula is C17H14BrFO3. The molecule has 0 atom stereocenters. The Morgan fingerprint density at radius 2 is 2.00 bits per heavy atom. The van der Waals surface area contributed by atoms with E-state index in [0.717, 1.165) is 15.6 Å². The first-order valence-electron chi connectivity index (χ1n) is 6.69. The zero-order valence-corrected chi connectivity index (χ0v) is 13.7. The second-order valence-corrected chi connectivity index (χ2v) is 5.72. The number of rotatable bonds is 3. The van der Waals surface area contributed by atoms with Gasteiger partial charge in [-0.05, 0) is 29.8 Å². The van der Waals surface area contributed by atoms with Crippen molar-refractivity contribution in [1.29, 1.82) is 0 Å². The zero-order valence-electron chi connectivity index (χ0n) is 12.2. The predicted octanol–water partition coefficient (Wildman–Crippen LogP) is 4.78. The summed E-state index contributed by atoms with van der Waals surface area (Å²) in [5.41, 5.74) is 2.39. The van der Waals surface area contributed by atoms with Crippen molar-refractivity contribution in [3.05, 3.63) is 57.8 Å². The Hall–Kier alpha value is -1.85. The molecule has 0 N–H and O–H groups in total. The molecule has 0 saturated carbocycles. The highest BCUT2D eigenvalue weighted by Crippen LogP contribution is 2.46. The molecule has 1 aliphatic heterocycles. The summed E-state index contributed by atoms with van der Waals surface area (Å²) in [6.45, 7) is 0.416. The maximum atomic E-state index is 14.3. The number of methoxy groups -OCH3 is 2. The fourth-order valence-electron chi connectivity index (χ4n) is 2.43. The molecule has 1 heterocycles. The lowest BCUT2D eigenvalue weighted by Crippen LogP contribution is -2.06. The van der Waals surface area contributed by atoms with Gasteiger partial charge in [0.25, 0.3) is 0 Å². The van der Waals surface area contributed by atoms with Gasteiger partial charge in [0.05, 0.1) is 13.7 Å². The van der Waals surface area contributed by atoms with Crippen LogP contribution in [0.5, 0.6) is 17.2 Å². The molecule has 0 fully saturated rings. The second-order valence-electron chi connectivity index (χ2n) is 4.80. The lowest BCUT2D eigenvalue weighted by atomic mass is 9.93. The minimum absolute atomic E-state index is 0.206. The van der Waals surface area contributed by atoms with Crippen molar-refractivity contribution in [3.8, 4) is 17.2 Å². The molecule has 0 bridgehead atoms. The third-order valence-electron chi connectivity index (χ3n) is 3.44. The first-order valence-corrected chi connectivity index (χ1v) is 7.48. The van der Waals surface area contributed by atoms with Gasteiger partial charge in [0.2, 0.25) is 0 Å². The molecule has 0 aromatic heterocycles. The van der Waals surface area contributed by atoms with Crippen molar-refractivity contribution in [2.75, 3.05) is 20.8 Å². The average Bonchev–Trinajstić information content (AvgIpc) is 2.52. The Balaban J connectivity index is 2.24. The standard InChI is InChI=1S/C17H14BrFO3/c1-20-6-5-12-13-7-10(18)3-4-16(13)22-17-14(12)8-11(21-2)9-15(17)19/h3-5,7-9H,6H2,1-2H3/b12-5-. The number of benzene rings is 2. The predicted molar refractivity (Wildman–Crippen MR) is 86.1 cm³/mol. The number of fused-ring (bicyclic) bond motifs is 2. The number of ether oxygens (including phenoxy) is 3. The van der Waals surface area contributed by atoms with Gasteiger partial charge >= 0.3 is 0 Å². The van der Waals surface area contributed by atoms with E-state index in [0.29, 0.717) is 23.7 Å². The summed E-state index contributed by atoms with van der Waals surface area (Å²) >= 11 is 3.46. The van der Waals surface area contributed by atoms with Crippen LogP contribution in [0.3, 0.4) is 0 Å². The van der Waals surface area contributed by atoms with E-state index in [4.69, 9.17) is 14.2 Å². The van der Waals surface area contributed by atoms with Crippen LogP contribution in [0.2, 0.25) is 0 Å². The fraction of sp³-hybridized carbons (Fsp3) is 0.176. The van der Waals surface area contributed by atoms with E-state index in [9.17, 15) is 4.39 Å². The summed E-state index contributed by atoms with van der Waals surface area (Å²) < 4.78 is 31.3. The van der Waals surface area contributed by atoms with Gasteiger partial charge < -0.3 is 14.2 Å². The van der Waals surface area contributed by atoms with Crippen LogP contribution in [0.1, 0.15) is 11.1 Å². The van der Waals surface area contributed by atoms with Crippen molar-refractivity contribution >= 4 is 21.5 Å². The molecule has 1 aliphatic rings. The van der Waals surface area contributed by atoms with Crippen LogP contribution in [0.15, 0.2) is 40.9 Å². The minimum atomic E-state index is -0.453. The molecule has 3 rings (SSSR count). The van der Waals surface area contributed by atoms with Gasteiger partial charge in [0.15, 0.2) is 11.6 Å². The molecule has 5 heteroatoms. The van der Waals surface area contributed by atoms with Crippen LogP contribution in [-0.2, 0) is 4.74 Å². The Kier molecular flexibility index (Phi) is 4.18.